The minimum Gasteiger partial charge on any atom is -0.481 e. The van der Waals surface area contributed by atoms with Crippen LogP contribution in [-0.2, 0) is 28.8 Å². The Morgan fingerprint density at radius 3 is 1.46 bits per heavy atom. The molecule has 0 rings (SSSR count). The minimum absolute atomic E-state index is 0.0230. The molecule has 0 aliphatic carbocycles. The third-order valence-corrected chi connectivity index (χ3v) is 4.16. The summed E-state index contributed by atoms with van der Waals surface area (Å²) in [5.74, 6) is -3.01. The maximum Gasteiger partial charge on any atom is 0.303 e. The molecule has 3 atom stereocenters. The Kier molecular flexibility index (Phi) is 11.5. The van der Waals surface area contributed by atoms with Crippen molar-refractivity contribution in [2.24, 2.45) is 5.73 Å². The van der Waals surface area contributed by atoms with Crippen molar-refractivity contribution < 1.29 is 33.9 Å². The summed E-state index contributed by atoms with van der Waals surface area (Å²) >= 11 is 0. The predicted molar refractivity (Wildman–Crippen MR) is 99.2 cm³/mol. The van der Waals surface area contributed by atoms with Gasteiger partial charge in [-0.3, -0.25) is 28.8 Å². The summed E-state index contributed by atoms with van der Waals surface area (Å²) in [6.45, 7) is 3.84. The van der Waals surface area contributed by atoms with E-state index in [1.165, 1.54) is 20.8 Å². The van der Waals surface area contributed by atoms with E-state index in [4.69, 9.17) is 10.8 Å². The highest BCUT2D eigenvalue weighted by atomic mass is 16.4. The van der Waals surface area contributed by atoms with Gasteiger partial charge in [-0.05, 0) is 40.0 Å². The van der Waals surface area contributed by atoms with E-state index in [2.05, 4.69) is 10.6 Å². The molecule has 0 saturated heterocycles. The summed E-state index contributed by atoms with van der Waals surface area (Å²) in [7, 11) is 0. The predicted octanol–water partition coefficient (Wildman–Crippen LogP) is -0.524. The van der Waals surface area contributed by atoms with Crippen molar-refractivity contribution in [3.63, 3.8) is 0 Å². The number of nitrogens with two attached hydrogens (primary N) is 1. The highest BCUT2D eigenvalue weighted by Gasteiger charge is 2.22. The Bertz CT molecular complexity index is 618. The van der Waals surface area contributed by atoms with E-state index in [-0.39, 0.29) is 55.9 Å². The van der Waals surface area contributed by atoms with Gasteiger partial charge in [-0.25, -0.2) is 0 Å². The zero-order chi connectivity index (χ0) is 21.9. The highest BCUT2D eigenvalue weighted by Crippen LogP contribution is 2.05. The second-order valence-corrected chi connectivity index (χ2v) is 6.69. The number of carbonyl (C=O) groups is 6. The van der Waals surface area contributed by atoms with Crippen LogP contribution in [0.25, 0.3) is 0 Å². The van der Waals surface area contributed by atoms with Crippen molar-refractivity contribution in [1.29, 1.82) is 0 Å². The summed E-state index contributed by atoms with van der Waals surface area (Å²) in [6.07, 6.45) is -0.281. The van der Waals surface area contributed by atoms with Crippen LogP contribution < -0.4 is 16.4 Å². The minimum atomic E-state index is -1.08. The van der Waals surface area contributed by atoms with Crippen molar-refractivity contribution >= 4 is 35.1 Å². The lowest BCUT2D eigenvalue weighted by molar-refractivity contribution is -0.137. The smallest absolute Gasteiger partial charge is 0.303 e. The first-order valence-electron chi connectivity index (χ1n) is 9.01. The lowest BCUT2D eigenvalue weighted by Crippen LogP contribution is -2.43. The van der Waals surface area contributed by atoms with Gasteiger partial charge in [0.25, 0.3) is 0 Å². The second-order valence-electron chi connectivity index (χ2n) is 6.69. The van der Waals surface area contributed by atoms with Crippen LogP contribution in [-0.4, -0.2) is 58.4 Å². The van der Waals surface area contributed by atoms with Crippen LogP contribution in [0.5, 0.6) is 0 Å². The molecule has 10 heteroatoms. The number of hydrogen-bond acceptors (Lipinski definition) is 7. The van der Waals surface area contributed by atoms with Gasteiger partial charge in [0.15, 0.2) is 11.6 Å². The molecule has 0 radical (unpaired) electrons. The van der Waals surface area contributed by atoms with Crippen molar-refractivity contribution in [3.8, 4) is 0 Å². The summed E-state index contributed by atoms with van der Waals surface area (Å²) < 4.78 is 0. The number of amides is 2. The average Bonchev–Trinajstić information content (AvgIpc) is 2.58. The van der Waals surface area contributed by atoms with Crippen molar-refractivity contribution in [1.82, 2.24) is 10.6 Å². The summed E-state index contributed by atoms with van der Waals surface area (Å²) in [4.78, 5) is 68.8. The lowest BCUT2D eigenvalue weighted by atomic mass is 10.0. The van der Waals surface area contributed by atoms with E-state index >= 15 is 0 Å². The van der Waals surface area contributed by atoms with Gasteiger partial charge in [0.05, 0.1) is 18.1 Å². The van der Waals surface area contributed by atoms with Crippen LogP contribution in [0.2, 0.25) is 0 Å². The zero-order valence-electron chi connectivity index (χ0n) is 16.4. The second kappa shape index (κ2) is 12.7. The monoisotopic (exact) mass is 399 g/mol. The molecule has 0 saturated carbocycles. The molecule has 0 bridgehead atoms. The van der Waals surface area contributed by atoms with Crippen molar-refractivity contribution in [2.75, 3.05) is 0 Å². The molecule has 28 heavy (non-hydrogen) atoms. The van der Waals surface area contributed by atoms with Gasteiger partial charge in [0, 0.05) is 19.3 Å². The average molecular weight is 399 g/mol. The lowest BCUT2D eigenvalue weighted by Gasteiger charge is -2.18. The van der Waals surface area contributed by atoms with E-state index < -0.39 is 35.9 Å². The van der Waals surface area contributed by atoms with Gasteiger partial charge < -0.3 is 21.5 Å². The van der Waals surface area contributed by atoms with Gasteiger partial charge in [0.2, 0.25) is 11.8 Å². The zero-order valence-corrected chi connectivity index (χ0v) is 16.4. The fraction of sp³-hybridized carbons (Fsp3) is 0.667. The normalized spacial score (nSPS) is 13.7. The first kappa shape index (κ1) is 25.4. The number of rotatable bonds is 14. The largest absolute Gasteiger partial charge is 0.481 e. The number of ketones is 3. The Hall–Kier alpha value is -2.62. The molecule has 0 aromatic heterocycles. The van der Waals surface area contributed by atoms with E-state index in [9.17, 15) is 28.8 Å². The van der Waals surface area contributed by atoms with Gasteiger partial charge in [-0.1, -0.05) is 0 Å². The summed E-state index contributed by atoms with van der Waals surface area (Å²) in [5, 5.41) is 13.6. The van der Waals surface area contributed by atoms with Crippen LogP contribution in [0.4, 0.5) is 0 Å². The van der Waals surface area contributed by atoms with E-state index in [0.29, 0.717) is 0 Å². The Balaban J connectivity index is 4.56. The van der Waals surface area contributed by atoms with Crippen molar-refractivity contribution in [2.45, 2.75) is 77.4 Å². The number of carboxylic acids is 1. The summed E-state index contributed by atoms with van der Waals surface area (Å²) in [5.41, 5.74) is 5.55. The van der Waals surface area contributed by atoms with Gasteiger partial charge >= 0.3 is 5.97 Å². The standard InChI is InChI=1S/C18H29N3O7/c1-10(22)13(19)4-7-16(25)20-14(11(2)23)5-8-17(26)21-15(12(3)24)6-9-18(27)28/h13-15H,4-9,19H2,1-3H3,(H,20,25)(H,21,26)(H,27,28). The van der Waals surface area contributed by atoms with Crippen LogP contribution in [0.3, 0.4) is 0 Å². The maximum absolute atomic E-state index is 12.0. The van der Waals surface area contributed by atoms with Gasteiger partial charge in [-0.2, -0.15) is 0 Å². The third-order valence-electron chi connectivity index (χ3n) is 4.16. The molecule has 0 aliphatic rings. The number of nitrogens with one attached hydrogen (secondary N) is 2. The van der Waals surface area contributed by atoms with E-state index in [1.54, 1.807) is 0 Å². The van der Waals surface area contributed by atoms with Gasteiger partial charge in [0.1, 0.15) is 5.78 Å². The molecule has 5 N–H and O–H groups in total. The van der Waals surface area contributed by atoms with Gasteiger partial charge in [-0.15, -0.1) is 0 Å². The number of carbonyl (C=O) groups excluding carboxylic acids is 5. The first-order valence-corrected chi connectivity index (χ1v) is 9.01. The van der Waals surface area contributed by atoms with Crippen molar-refractivity contribution in [3.05, 3.63) is 0 Å². The Morgan fingerprint density at radius 1 is 0.714 bits per heavy atom. The molecule has 10 nitrogen and oxygen atoms in total. The first-order chi connectivity index (χ1) is 12.9. The van der Waals surface area contributed by atoms with Crippen LogP contribution in [0, 0.1) is 0 Å². The Labute approximate surface area is 163 Å². The molecule has 2 amide bonds. The molecule has 158 valence electrons. The Morgan fingerprint density at radius 2 is 1.11 bits per heavy atom. The molecule has 0 fully saturated rings. The van der Waals surface area contributed by atoms with Crippen LogP contribution in [0.15, 0.2) is 0 Å². The van der Waals surface area contributed by atoms with Crippen LogP contribution in [0.1, 0.15) is 59.3 Å². The fourth-order valence-electron chi connectivity index (χ4n) is 2.32. The van der Waals surface area contributed by atoms with E-state index in [0.717, 1.165) is 0 Å². The fourth-order valence-corrected chi connectivity index (χ4v) is 2.32. The number of Topliss-reactive ketones (excluding diaryl/α,β-unsaturated/α-hetero) is 3. The molecule has 0 spiro atoms. The third kappa shape index (κ3) is 11.2. The molecular formula is C18H29N3O7. The molecule has 0 aliphatic heterocycles. The topological polar surface area (TPSA) is 173 Å². The number of aliphatic carboxylic acids is 1. The SMILES string of the molecule is CC(=O)C(N)CCC(=O)NC(CCC(=O)NC(CCC(=O)O)C(C)=O)C(C)=O. The van der Waals surface area contributed by atoms with Crippen LogP contribution >= 0.6 is 0 Å². The summed E-state index contributed by atoms with van der Waals surface area (Å²) in [6, 6.07) is -2.55. The molecule has 3 unspecified atom stereocenters. The number of carboxylic acid groups (broad SMARTS) is 1. The maximum atomic E-state index is 12.0. The van der Waals surface area contributed by atoms with E-state index in [1.807, 2.05) is 0 Å². The molecule has 0 heterocycles. The highest BCUT2D eigenvalue weighted by molar-refractivity contribution is 5.90. The molecular weight excluding hydrogens is 370 g/mol. The number of hydrogen-bond donors (Lipinski definition) is 4. The molecule has 0 aromatic rings. The molecule has 0 aromatic carbocycles. The quantitative estimate of drug-likeness (QED) is 0.302.